The normalized spacial score (nSPS) is 12.6. The molecule has 3 aromatic rings. The van der Waals surface area contributed by atoms with Gasteiger partial charge in [-0.25, -0.2) is 4.68 Å². The first-order valence-electron chi connectivity index (χ1n) is 8.36. The number of amides is 1. The van der Waals surface area contributed by atoms with E-state index in [1.54, 1.807) is 24.3 Å². The van der Waals surface area contributed by atoms with E-state index in [-0.39, 0.29) is 12.1 Å². The van der Waals surface area contributed by atoms with Crippen LogP contribution in [0.5, 0.6) is 5.75 Å². The molecule has 0 aliphatic carbocycles. The Labute approximate surface area is 161 Å². The van der Waals surface area contributed by atoms with Crippen molar-refractivity contribution in [2.45, 2.75) is 19.0 Å². The smallest absolute Gasteiger partial charge is 0.406 e. The average molecular weight is 408 g/mol. The van der Waals surface area contributed by atoms with Crippen LogP contribution in [0.2, 0.25) is 0 Å². The highest BCUT2D eigenvalue weighted by atomic mass is 19.4. The Balaban J connectivity index is 1.58. The van der Waals surface area contributed by atoms with Crippen LogP contribution in [0, 0.1) is 0 Å². The number of hydrogen-bond donors (Lipinski definition) is 2. The van der Waals surface area contributed by atoms with Crippen molar-refractivity contribution < 1.29 is 27.8 Å². The predicted octanol–water partition coefficient (Wildman–Crippen LogP) is 1.54. The number of nitrogens with zero attached hydrogens (tertiary/aromatic N) is 3. The highest BCUT2D eigenvalue weighted by Crippen LogP contribution is 2.24. The molecule has 1 unspecified atom stereocenters. The van der Waals surface area contributed by atoms with Crippen LogP contribution in [-0.4, -0.2) is 38.9 Å². The summed E-state index contributed by atoms with van der Waals surface area (Å²) in [5, 5.41) is 20.4. The molecule has 0 saturated carbocycles. The molecule has 29 heavy (non-hydrogen) atoms. The van der Waals surface area contributed by atoms with Gasteiger partial charge in [-0.1, -0.05) is 29.5 Å². The van der Waals surface area contributed by atoms with Crippen LogP contribution in [0.4, 0.5) is 13.2 Å². The van der Waals surface area contributed by atoms with E-state index in [1.807, 2.05) is 0 Å². The lowest BCUT2D eigenvalue weighted by Gasteiger charge is -2.14. The van der Waals surface area contributed by atoms with Crippen molar-refractivity contribution >= 4 is 16.8 Å². The maximum absolute atomic E-state index is 12.3. The summed E-state index contributed by atoms with van der Waals surface area (Å²) in [6, 6.07) is 11.2. The minimum absolute atomic E-state index is 0.214. The molecule has 0 bridgehead atoms. The molecule has 1 atom stereocenters. The molecule has 1 heterocycles. The fourth-order valence-corrected chi connectivity index (χ4v) is 2.54. The van der Waals surface area contributed by atoms with Gasteiger partial charge in [0.05, 0.1) is 11.5 Å². The van der Waals surface area contributed by atoms with Crippen LogP contribution in [0.3, 0.4) is 0 Å². The van der Waals surface area contributed by atoms with Crippen molar-refractivity contribution in [3.05, 3.63) is 64.4 Å². The molecule has 0 fully saturated rings. The molecular weight excluding hydrogens is 393 g/mol. The van der Waals surface area contributed by atoms with Gasteiger partial charge in [0.15, 0.2) is 0 Å². The summed E-state index contributed by atoms with van der Waals surface area (Å²) in [5.74, 6) is -1.01. The number of nitrogens with one attached hydrogen (secondary N) is 1. The Hall–Kier alpha value is -3.47. The van der Waals surface area contributed by atoms with Gasteiger partial charge in [-0.2, -0.15) is 0 Å². The Kier molecular flexibility index (Phi) is 5.78. The molecule has 1 aromatic heterocycles. The molecule has 0 radical (unpaired) electrons. The van der Waals surface area contributed by atoms with Crippen molar-refractivity contribution in [2.75, 3.05) is 6.54 Å². The van der Waals surface area contributed by atoms with Gasteiger partial charge >= 0.3 is 6.36 Å². The third kappa shape index (κ3) is 5.29. The Morgan fingerprint density at radius 2 is 1.86 bits per heavy atom. The quantitative estimate of drug-likeness (QED) is 0.641. The second-order valence-electron chi connectivity index (χ2n) is 6.01. The maximum atomic E-state index is 12.3. The Morgan fingerprint density at radius 3 is 2.55 bits per heavy atom. The molecule has 11 heteroatoms. The summed E-state index contributed by atoms with van der Waals surface area (Å²) >= 11 is 0. The van der Waals surface area contributed by atoms with Gasteiger partial charge in [0.1, 0.15) is 17.8 Å². The Bertz CT molecular complexity index is 1070. The first kappa shape index (κ1) is 20.3. The van der Waals surface area contributed by atoms with Crippen LogP contribution in [0.25, 0.3) is 10.9 Å². The summed E-state index contributed by atoms with van der Waals surface area (Å²) in [6.07, 6.45) is -5.98. The zero-order valence-electron chi connectivity index (χ0n) is 14.8. The molecule has 0 aliphatic rings. The second kappa shape index (κ2) is 8.27. The number of carbonyl (C=O) groups is 1. The number of aliphatic hydroxyl groups is 1. The SMILES string of the molecule is O=C(Cn1nnc2ccccc2c1=O)NCC(O)c1ccc(OC(F)(F)F)cc1. The molecule has 0 spiro atoms. The minimum atomic E-state index is -4.81. The standard InChI is InChI=1S/C18H15F3N4O4/c19-18(20,21)29-12-7-5-11(6-8-12)15(26)9-22-16(27)10-25-17(28)13-3-1-2-4-14(13)23-24-25/h1-8,15,26H,9-10H2,(H,22,27). The zero-order chi connectivity index (χ0) is 21.0. The number of alkyl halides is 3. The molecule has 0 saturated heterocycles. The highest BCUT2D eigenvalue weighted by molar-refractivity contribution is 5.78. The van der Waals surface area contributed by atoms with Gasteiger partial charge < -0.3 is 15.2 Å². The number of fused-ring (bicyclic) bond motifs is 1. The van der Waals surface area contributed by atoms with Crippen LogP contribution >= 0.6 is 0 Å². The molecule has 3 rings (SSSR count). The topological polar surface area (TPSA) is 106 Å². The molecule has 1 amide bonds. The monoisotopic (exact) mass is 408 g/mol. The summed E-state index contributed by atoms with van der Waals surface area (Å²) in [7, 11) is 0. The molecule has 2 aromatic carbocycles. The first-order valence-corrected chi connectivity index (χ1v) is 8.36. The van der Waals surface area contributed by atoms with Gasteiger partial charge in [-0.15, -0.1) is 18.3 Å². The molecule has 0 aliphatic heterocycles. The first-order chi connectivity index (χ1) is 13.7. The number of aliphatic hydroxyl groups excluding tert-OH is 1. The number of halogens is 3. The molecular formula is C18H15F3N4O4. The second-order valence-corrected chi connectivity index (χ2v) is 6.01. The fraction of sp³-hybridized carbons (Fsp3) is 0.222. The van der Waals surface area contributed by atoms with Crippen molar-refractivity contribution in [3.63, 3.8) is 0 Å². The molecule has 8 nitrogen and oxygen atoms in total. The van der Waals surface area contributed by atoms with Gasteiger partial charge in [0, 0.05) is 6.54 Å². The summed E-state index contributed by atoms with van der Waals surface area (Å²) in [4.78, 5) is 24.3. The van der Waals surface area contributed by atoms with Crippen LogP contribution in [0.15, 0.2) is 53.3 Å². The third-order valence-electron chi connectivity index (χ3n) is 3.91. The van der Waals surface area contributed by atoms with Gasteiger partial charge in [0.25, 0.3) is 5.56 Å². The fourth-order valence-electron chi connectivity index (χ4n) is 2.54. The summed E-state index contributed by atoms with van der Waals surface area (Å²) < 4.78 is 41.1. The van der Waals surface area contributed by atoms with E-state index in [0.29, 0.717) is 10.9 Å². The van der Waals surface area contributed by atoms with Crippen molar-refractivity contribution in [3.8, 4) is 5.75 Å². The summed E-state index contributed by atoms with van der Waals surface area (Å²) in [5.41, 5.74) is 0.205. The predicted molar refractivity (Wildman–Crippen MR) is 94.9 cm³/mol. The molecule has 2 N–H and O–H groups in total. The number of aromatic nitrogens is 3. The largest absolute Gasteiger partial charge is 0.573 e. The van der Waals surface area contributed by atoms with Gasteiger partial charge in [0.2, 0.25) is 5.91 Å². The van der Waals surface area contributed by atoms with Crippen LogP contribution in [0.1, 0.15) is 11.7 Å². The van der Waals surface area contributed by atoms with E-state index < -0.39 is 36.2 Å². The van der Waals surface area contributed by atoms with E-state index in [1.165, 1.54) is 12.1 Å². The average Bonchev–Trinajstić information content (AvgIpc) is 2.68. The molecule has 152 valence electrons. The number of ether oxygens (including phenoxy) is 1. The van der Waals surface area contributed by atoms with E-state index in [0.717, 1.165) is 16.8 Å². The zero-order valence-corrected chi connectivity index (χ0v) is 14.8. The summed E-state index contributed by atoms with van der Waals surface area (Å²) in [6.45, 7) is -0.615. The van der Waals surface area contributed by atoms with Gasteiger partial charge in [-0.3, -0.25) is 9.59 Å². The van der Waals surface area contributed by atoms with Crippen molar-refractivity contribution in [1.82, 2.24) is 20.3 Å². The number of hydrogen-bond acceptors (Lipinski definition) is 6. The van der Waals surface area contributed by atoms with E-state index in [2.05, 4.69) is 20.4 Å². The lowest BCUT2D eigenvalue weighted by atomic mass is 10.1. The number of carbonyl (C=O) groups excluding carboxylic acids is 1. The van der Waals surface area contributed by atoms with Crippen LogP contribution < -0.4 is 15.6 Å². The Morgan fingerprint density at radius 1 is 1.17 bits per heavy atom. The maximum Gasteiger partial charge on any atom is 0.573 e. The number of benzene rings is 2. The number of rotatable bonds is 6. The third-order valence-corrected chi connectivity index (χ3v) is 3.91. The van der Waals surface area contributed by atoms with Crippen molar-refractivity contribution in [2.24, 2.45) is 0 Å². The minimum Gasteiger partial charge on any atom is -0.406 e. The van der Waals surface area contributed by atoms with E-state index in [4.69, 9.17) is 0 Å². The van der Waals surface area contributed by atoms with E-state index >= 15 is 0 Å². The lowest BCUT2D eigenvalue weighted by Crippen LogP contribution is -2.36. The van der Waals surface area contributed by atoms with E-state index in [9.17, 15) is 27.9 Å². The lowest BCUT2D eigenvalue weighted by molar-refractivity contribution is -0.274. The van der Waals surface area contributed by atoms with Crippen molar-refractivity contribution in [1.29, 1.82) is 0 Å². The van der Waals surface area contributed by atoms with Crippen LogP contribution in [-0.2, 0) is 11.3 Å². The highest BCUT2D eigenvalue weighted by Gasteiger charge is 2.31. The van der Waals surface area contributed by atoms with Gasteiger partial charge in [-0.05, 0) is 29.8 Å².